The van der Waals surface area contributed by atoms with E-state index in [9.17, 15) is 4.79 Å². The molecule has 0 saturated carbocycles. The SMILES string of the molecule is COc1cc(NC(=O)Nc2nc3ccc(SC)cc3s2)cc(OC)c1OC. The van der Waals surface area contributed by atoms with Crippen molar-refractivity contribution in [3.63, 3.8) is 0 Å². The minimum atomic E-state index is -0.409. The van der Waals surface area contributed by atoms with Gasteiger partial charge >= 0.3 is 6.03 Å². The van der Waals surface area contributed by atoms with Gasteiger partial charge in [0, 0.05) is 17.0 Å². The minimum Gasteiger partial charge on any atom is -0.493 e. The second kappa shape index (κ2) is 8.36. The number of nitrogens with one attached hydrogen (secondary N) is 2. The first-order valence-electron chi connectivity index (χ1n) is 7.90. The molecule has 1 aromatic heterocycles. The van der Waals surface area contributed by atoms with Crippen molar-refractivity contribution in [3.8, 4) is 17.2 Å². The van der Waals surface area contributed by atoms with Gasteiger partial charge in [0.1, 0.15) is 0 Å². The zero-order valence-corrected chi connectivity index (χ0v) is 16.9. The molecule has 0 aliphatic heterocycles. The molecule has 0 spiro atoms. The van der Waals surface area contributed by atoms with E-state index in [-0.39, 0.29) is 0 Å². The molecule has 0 atom stereocenters. The molecule has 142 valence electrons. The van der Waals surface area contributed by atoms with Gasteiger partial charge in [-0.25, -0.2) is 9.78 Å². The van der Waals surface area contributed by atoms with Gasteiger partial charge in [-0.3, -0.25) is 5.32 Å². The maximum atomic E-state index is 12.4. The number of amides is 2. The van der Waals surface area contributed by atoms with Crippen LogP contribution in [0, 0.1) is 0 Å². The lowest BCUT2D eigenvalue weighted by atomic mass is 10.2. The Kier molecular flexibility index (Phi) is 5.92. The summed E-state index contributed by atoms with van der Waals surface area (Å²) in [6.07, 6.45) is 2.02. The normalized spacial score (nSPS) is 10.5. The van der Waals surface area contributed by atoms with Gasteiger partial charge in [-0.2, -0.15) is 0 Å². The maximum Gasteiger partial charge on any atom is 0.325 e. The summed E-state index contributed by atoms with van der Waals surface area (Å²) in [6.45, 7) is 0. The molecule has 0 aliphatic carbocycles. The molecule has 2 N–H and O–H groups in total. The van der Waals surface area contributed by atoms with E-state index in [0.29, 0.717) is 28.1 Å². The lowest BCUT2D eigenvalue weighted by Crippen LogP contribution is -2.19. The van der Waals surface area contributed by atoms with E-state index in [0.717, 1.165) is 15.1 Å². The molecular formula is C18H19N3O4S2. The summed E-state index contributed by atoms with van der Waals surface area (Å²) in [5.41, 5.74) is 1.36. The number of carbonyl (C=O) groups is 1. The van der Waals surface area contributed by atoms with Gasteiger partial charge in [-0.15, -0.1) is 11.8 Å². The third-order valence-corrected chi connectivity index (χ3v) is 5.40. The molecule has 0 bridgehead atoms. The average molecular weight is 406 g/mol. The number of aromatic nitrogens is 1. The minimum absolute atomic E-state index is 0.409. The fraction of sp³-hybridized carbons (Fsp3) is 0.222. The number of urea groups is 1. The van der Waals surface area contributed by atoms with Crippen LogP contribution in [-0.4, -0.2) is 38.6 Å². The molecule has 27 heavy (non-hydrogen) atoms. The fourth-order valence-electron chi connectivity index (χ4n) is 2.50. The Morgan fingerprint density at radius 1 is 1.04 bits per heavy atom. The fourth-order valence-corrected chi connectivity index (χ4v) is 3.91. The van der Waals surface area contributed by atoms with Crippen molar-refractivity contribution in [2.75, 3.05) is 38.2 Å². The Hall–Kier alpha value is -2.65. The van der Waals surface area contributed by atoms with Gasteiger partial charge in [0.05, 0.1) is 37.2 Å². The summed E-state index contributed by atoms with van der Waals surface area (Å²) in [4.78, 5) is 17.9. The highest BCUT2D eigenvalue weighted by molar-refractivity contribution is 7.98. The first-order valence-corrected chi connectivity index (χ1v) is 9.94. The van der Waals surface area contributed by atoms with E-state index in [2.05, 4.69) is 21.7 Å². The zero-order chi connectivity index (χ0) is 19.4. The van der Waals surface area contributed by atoms with Crippen LogP contribution < -0.4 is 24.8 Å². The molecule has 0 saturated heterocycles. The number of methoxy groups -OCH3 is 3. The Morgan fingerprint density at radius 2 is 1.74 bits per heavy atom. The predicted molar refractivity (Wildman–Crippen MR) is 110 cm³/mol. The maximum absolute atomic E-state index is 12.4. The topological polar surface area (TPSA) is 81.7 Å². The van der Waals surface area contributed by atoms with Crippen molar-refractivity contribution < 1.29 is 19.0 Å². The van der Waals surface area contributed by atoms with Gasteiger partial charge in [-0.05, 0) is 24.5 Å². The van der Waals surface area contributed by atoms with Gasteiger partial charge in [0.25, 0.3) is 0 Å². The molecule has 0 radical (unpaired) electrons. The van der Waals surface area contributed by atoms with Crippen LogP contribution in [0.3, 0.4) is 0 Å². The van der Waals surface area contributed by atoms with Crippen molar-refractivity contribution in [2.45, 2.75) is 4.90 Å². The van der Waals surface area contributed by atoms with Crippen LogP contribution in [0.1, 0.15) is 0 Å². The molecule has 7 nitrogen and oxygen atoms in total. The molecule has 2 amide bonds. The highest BCUT2D eigenvalue weighted by Crippen LogP contribution is 2.40. The van der Waals surface area contributed by atoms with Gasteiger partial charge in [-0.1, -0.05) is 11.3 Å². The number of carbonyl (C=O) groups excluding carboxylic acids is 1. The summed E-state index contributed by atoms with van der Waals surface area (Å²) < 4.78 is 16.9. The third kappa shape index (κ3) is 4.20. The Labute approximate surface area is 165 Å². The number of nitrogens with zero attached hydrogens (tertiary/aromatic N) is 1. The van der Waals surface area contributed by atoms with Crippen LogP contribution in [0.5, 0.6) is 17.2 Å². The first kappa shape index (κ1) is 19.1. The van der Waals surface area contributed by atoms with Gasteiger partial charge < -0.3 is 19.5 Å². The summed E-state index contributed by atoms with van der Waals surface area (Å²) >= 11 is 3.09. The largest absolute Gasteiger partial charge is 0.493 e. The molecular weight excluding hydrogens is 386 g/mol. The number of fused-ring (bicyclic) bond motifs is 1. The number of benzene rings is 2. The van der Waals surface area contributed by atoms with Crippen LogP contribution in [0.25, 0.3) is 10.2 Å². The molecule has 0 unspecified atom stereocenters. The van der Waals surface area contributed by atoms with Crippen LogP contribution >= 0.6 is 23.1 Å². The van der Waals surface area contributed by atoms with Crippen molar-refractivity contribution in [2.24, 2.45) is 0 Å². The quantitative estimate of drug-likeness (QED) is 0.579. The number of ether oxygens (including phenoxy) is 3. The van der Waals surface area contributed by atoms with E-state index in [1.165, 1.54) is 32.7 Å². The van der Waals surface area contributed by atoms with Crippen molar-refractivity contribution in [1.29, 1.82) is 0 Å². The van der Waals surface area contributed by atoms with Gasteiger partial charge in [0.15, 0.2) is 16.6 Å². The number of thioether (sulfide) groups is 1. The number of hydrogen-bond donors (Lipinski definition) is 2. The Bertz CT molecular complexity index is 949. The molecule has 3 rings (SSSR count). The summed E-state index contributed by atoms with van der Waals surface area (Å²) in [5, 5.41) is 6.04. The highest BCUT2D eigenvalue weighted by atomic mass is 32.2. The molecule has 3 aromatic rings. The van der Waals surface area contributed by atoms with Crippen LogP contribution in [0.2, 0.25) is 0 Å². The molecule has 2 aromatic carbocycles. The number of anilines is 2. The second-order valence-corrected chi connectivity index (χ2v) is 7.26. The second-order valence-electron chi connectivity index (χ2n) is 5.35. The van der Waals surface area contributed by atoms with Crippen LogP contribution in [0.4, 0.5) is 15.6 Å². The predicted octanol–water partition coefficient (Wildman–Crippen LogP) is 4.69. The smallest absolute Gasteiger partial charge is 0.325 e. The van der Waals surface area contributed by atoms with E-state index >= 15 is 0 Å². The zero-order valence-electron chi connectivity index (χ0n) is 15.3. The lowest BCUT2D eigenvalue weighted by molar-refractivity contribution is 0.262. The standard InChI is InChI=1S/C18H19N3O4S2/c1-23-13-7-10(8-14(24-2)16(13)25-3)19-17(22)21-18-20-12-6-5-11(26-4)9-15(12)27-18/h5-9H,1-4H3,(H2,19,20,21,22). The number of hydrogen-bond acceptors (Lipinski definition) is 7. The Balaban J connectivity index is 1.77. The Morgan fingerprint density at radius 3 is 2.33 bits per heavy atom. The first-order chi connectivity index (χ1) is 13.1. The number of rotatable bonds is 6. The van der Waals surface area contributed by atoms with E-state index in [1.807, 2.05) is 18.4 Å². The summed E-state index contributed by atoms with van der Waals surface area (Å²) in [7, 11) is 4.56. The van der Waals surface area contributed by atoms with Crippen molar-refractivity contribution in [1.82, 2.24) is 4.98 Å². The molecule has 9 heteroatoms. The summed E-state index contributed by atoms with van der Waals surface area (Å²) in [6, 6.07) is 8.91. The van der Waals surface area contributed by atoms with Crippen molar-refractivity contribution >= 4 is 50.2 Å². The monoisotopic (exact) mass is 405 g/mol. The molecule has 1 heterocycles. The summed E-state index contributed by atoms with van der Waals surface area (Å²) in [5.74, 6) is 1.37. The van der Waals surface area contributed by atoms with E-state index in [4.69, 9.17) is 14.2 Å². The third-order valence-electron chi connectivity index (χ3n) is 3.74. The van der Waals surface area contributed by atoms with Crippen LogP contribution in [0.15, 0.2) is 35.2 Å². The average Bonchev–Trinajstić information content (AvgIpc) is 3.07. The van der Waals surface area contributed by atoms with Crippen LogP contribution in [-0.2, 0) is 0 Å². The molecule has 0 aliphatic rings. The number of thiazole rings is 1. The highest BCUT2D eigenvalue weighted by Gasteiger charge is 2.15. The van der Waals surface area contributed by atoms with E-state index in [1.54, 1.807) is 23.9 Å². The van der Waals surface area contributed by atoms with Crippen molar-refractivity contribution in [3.05, 3.63) is 30.3 Å². The molecule has 0 fully saturated rings. The van der Waals surface area contributed by atoms with Gasteiger partial charge in [0.2, 0.25) is 5.75 Å². The van der Waals surface area contributed by atoms with E-state index < -0.39 is 6.03 Å². The lowest BCUT2D eigenvalue weighted by Gasteiger charge is -2.14.